The number of nitrogens with zero attached hydrogens (tertiary/aromatic N) is 4. The highest BCUT2D eigenvalue weighted by atomic mass is 15.1. The van der Waals surface area contributed by atoms with E-state index in [4.69, 9.17) is 0 Å². The van der Waals surface area contributed by atoms with Crippen molar-refractivity contribution < 1.29 is 0 Å². The van der Waals surface area contributed by atoms with E-state index in [9.17, 15) is 0 Å². The monoisotopic (exact) mass is 342 g/mol. The van der Waals surface area contributed by atoms with E-state index in [0.717, 1.165) is 43.5 Å². The SMILES string of the molecule is CCN(CC)c1ccc(Nc2cc(NCCN(C)C)ncn2)c(C)c1. The summed E-state index contributed by atoms with van der Waals surface area (Å²) < 4.78 is 0. The second-order valence-electron chi connectivity index (χ2n) is 6.32. The van der Waals surface area contributed by atoms with Gasteiger partial charge >= 0.3 is 0 Å². The summed E-state index contributed by atoms with van der Waals surface area (Å²) in [6, 6.07) is 8.42. The number of likely N-dealkylation sites (N-methyl/N-ethyl adjacent to an activating group) is 1. The Balaban J connectivity index is 2.06. The van der Waals surface area contributed by atoms with Gasteiger partial charge < -0.3 is 20.4 Å². The van der Waals surface area contributed by atoms with E-state index in [1.165, 1.54) is 11.3 Å². The standard InChI is InChI=1S/C19H30N6/c1-6-25(7-2)16-8-9-17(15(3)12-16)23-19-13-18(21-14-22-19)20-10-11-24(4)5/h8-9,12-14H,6-7,10-11H2,1-5H3,(H2,20,21,22,23). The lowest BCUT2D eigenvalue weighted by Crippen LogP contribution is -2.21. The van der Waals surface area contributed by atoms with Gasteiger partial charge in [-0.2, -0.15) is 0 Å². The van der Waals surface area contributed by atoms with Gasteiger partial charge in [-0.3, -0.25) is 0 Å². The Bertz CT molecular complexity index is 667. The Morgan fingerprint density at radius 2 is 1.72 bits per heavy atom. The molecule has 136 valence electrons. The number of rotatable bonds is 9. The van der Waals surface area contributed by atoms with E-state index in [2.05, 4.69) is 83.5 Å². The summed E-state index contributed by atoms with van der Waals surface area (Å²) in [5.74, 6) is 1.62. The van der Waals surface area contributed by atoms with Crippen molar-refractivity contribution in [3.8, 4) is 0 Å². The molecule has 25 heavy (non-hydrogen) atoms. The van der Waals surface area contributed by atoms with Gasteiger partial charge in [0.25, 0.3) is 0 Å². The van der Waals surface area contributed by atoms with Crippen LogP contribution in [0.4, 0.5) is 23.0 Å². The van der Waals surface area contributed by atoms with Gasteiger partial charge in [0.05, 0.1) is 0 Å². The molecule has 0 fully saturated rings. The first-order chi connectivity index (χ1) is 12.0. The highest BCUT2D eigenvalue weighted by molar-refractivity contribution is 5.66. The maximum absolute atomic E-state index is 4.33. The van der Waals surface area contributed by atoms with Crippen LogP contribution < -0.4 is 15.5 Å². The summed E-state index contributed by atoms with van der Waals surface area (Å²) in [5, 5.41) is 6.71. The molecule has 6 heteroatoms. The van der Waals surface area contributed by atoms with Gasteiger partial charge in [-0.15, -0.1) is 0 Å². The molecule has 0 spiro atoms. The fourth-order valence-electron chi connectivity index (χ4n) is 2.64. The summed E-state index contributed by atoms with van der Waals surface area (Å²) in [6.07, 6.45) is 1.58. The molecule has 0 saturated heterocycles. The molecule has 0 aliphatic rings. The van der Waals surface area contributed by atoms with Gasteiger partial charge in [-0.05, 0) is 58.6 Å². The van der Waals surface area contributed by atoms with E-state index in [1.54, 1.807) is 6.33 Å². The lowest BCUT2D eigenvalue weighted by atomic mass is 10.1. The Labute approximate surface area is 151 Å². The summed E-state index contributed by atoms with van der Waals surface area (Å²) in [6.45, 7) is 10.3. The van der Waals surface area contributed by atoms with E-state index < -0.39 is 0 Å². The highest BCUT2D eigenvalue weighted by Crippen LogP contribution is 2.25. The van der Waals surface area contributed by atoms with Crippen molar-refractivity contribution in [2.45, 2.75) is 20.8 Å². The zero-order chi connectivity index (χ0) is 18.2. The predicted octanol–water partition coefficient (Wildman–Crippen LogP) is 3.35. The van der Waals surface area contributed by atoms with E-state index in [1.807, 2.05) is 6.07 Å². The topological polar surface area (TPSA) is 56.3 Å². The molecule has 0 unspecified atom stereocenters. The van der Waals surface area contributed by atoms with Crippen molar-refractivity contribution in [1.29, 1.82) is 0 Å². The van der Waals surface area contributed by atoms with Crippen LogP contribution in [0.25, 0.3) is 0 Å². The molecule has 6 nitrogen and oxygen atoms in total. The number of nitrogens with one attached hydrogen (secondary N) is 2. The minimum absolute atomic E-state index is 0.793. The number of hydrogen-bond acceptors (Lipinski definition) is 6. The Morgan fingerprint density at radius 3 is 2.36 bits per heavy atom. The third-order valence-electron chi connectivity index (χ3n) is 4.13. The fourth-order valence-corrected chi connectivity index (χ4v) is 2.64. The number of aryl methyl sites for hydroxylation is 1. The van der Waals surface area contributed by atoms with Crippen LogP contribution in [0.1, 0.15) is 19.4 Å². The molecule has 0 amide bonds. The second kappa shape index (κ2) is 9.22. The minimum Gasteiger partial charge on any atom is -0.372 e. The van der Waals surface area contributed by atoms with E-state index >= 15 is 0 Å². The number of hydrogen-bond donors (Lipinski definition) is 2. The first-order valence-corrected chi connectivity index (χ1v) is 8.86. The van der Waals surface area contributed by atoms with Crippen molar-refractivity contribution in [1.82, 2.24) is 14.9 Å². The molecule has 0 aliphatic heterocycles. The van der Waals surface area contributed by atoms with Crippen LogP contribution in [0, 0.1) is 6.92 Å². The van der Waals surface area contributed by atoms with Crippen LogP contribution in [-0.2, 0) is 0 Å². The Kier molecular flexibility index (Phi) is 7.01. The molecule has 2 aromatic rings. The molecule has 2 rings (SSSR count). The van der Waals surface area contributed by atoms with Crippen molar-refractivity contribution >= 4 is 23.0 Å². The zero-order valence-electron chi connectivity index (χ0n) is 16.0. The Hall–Kier alpha value is -2.34. The smallest absolute Gasteiger partial charge is 0.135 e. The van der Waals surface area contributed by atoms with Crippen molar-refractivity contribution in [2.24, 2.45) is 0 Å². The molecule has 2 N–H and O–H groups in total. The largest absolute Gasteiger partial charge is 0.372 e. The van der Waals surface area contributed by atoms with Crippen molar-refractivity contribution in [2.75, 3.05) is 55.8 Å². The van der Waals surface area contributed by atoms with E-state index in [-0.39, 0.29) is 0 Å². The normalized spacial score (nSPS) is 10.8. The van der Waals surface area contributed by atoms with Gasteiger partial charge in [-0.1, -0.05) is 0 Å². The average molecular weight is 342 g/mol. The highest BCUT2D eigenvalue weighted by Gasteiger charge is 2.06. The molecule has 0 radical (unpaired) electrons. The summed E-state index contributed by atoms with van der Waals surface area (Å²) in [5.41, 5.74) is 3.51. The fraction of sp³-hybridized carbons (Fsp3) is 0.474. The molecule has 0 aliphatic carbocycles. The zero-order valence-corrected chi connectivity index (χ0v) is 16.0. The van der Waals surface area contributed by atoms with Gasteiger partial charge in [-0.25, -0.2) is 9.97 Å². The number of aromatic nitrogens is 2. The van der Waals surface area contributed by atoms with Gasteiger partial charge in [0.1, 0.15) is 18.0 Å². The summed E-state index contributed by atoms with van der Waals surface area (Å²) >= 11 is 0. The van der Waals surface area contributed by atoms with Crippen molar-refractivity contribution in [3.63, 3.8) is 0 Å². The van der Waals surface area contributed by atoms with Crippen LogP contribution in [-0.4, -0.2) is 55.1 Å². The van der Waals surface area contributed by atoms with Crippen LogP contribution in [0.2, 0.25) is 0 Å². The minimum atomic E-state index is 0.793. The lowest BCUT2D eigenvalue weighted by molar-refractivity contribution is 0.425. The molecule has 1 aromatic heterocycles. The molecule has 0 bridgehead atoms. The lowest BCUT2D eigenvalue weighted by Gasteiger charge is -2.22. The van der Waals surface area contributed by atoms with Gasteiger partial charge in [0, 0.05) is 43.6 Å². The third kappa shape index (κ3) is 5.60. The maximum Gasteiger partial charge on any atom is 0.135 e. The first-order valence-electron chi connectivity index (χ1n) is 8.86. The van der Waals surface area contributed by atoms with Crippen LogP contribution in [0.5, 0.6) is 0 Å². The summed E-state index contributed by atoms with van der Waals surface area (Å²) in [7, 11) is 4.11. The predicted molar refractivity (Wildman–Crippen MR) is 107 cm³/mol. The van der Waals surface area contributed by atoms with Crippen molar-refractivity contribution in [3.05, 3.63) is 36.2 Å². The van der Waals surface area contributed by atoms with Crippen LogP contribution in [0.3, 0.4) is 0 Å². The van der Waals surface area contributed by atoms with Crippen LogP contribution >= 0.6 is 0 Å². The molecule has 1 heterocycles. The molecule has 1 aromatic carbocycles. The molecular formula is C19H30N6. The Morgan fingerprint density at radius 1 is 1.00 bits per heavy atom. The molecule has 0 atom stereocenters. The first kappa shape index (κ1) is 19.0. The van der Waals surface area contributed by atoms with Crippen LogP contribution in [0.15, 0.2) is 30.6 Å². The van der Waals surface area contributed by atoms with Gasteiger partial charge in [0.15, 0.2) is 0 Å². The van der Waals surface area contributed by atoms with E-state index in [0.29, 0.717) is 0 Å². The van der Waals surface area contributed by atoms with Gasteiger partial charge in [0.2, 0.25) is 0 Å². The molecular weight excluding hydrogens is 312 g/mol. The second-order valence-corrected chi connectivity index (χ2v) is 6.32. The quantitative estimate of drug-likeness (QED) is 0.729. The third-order valence-corrected chi connectivity index (χ3v) is 4.13. The molecule has 0 saturated carbocycles. The maximum atomic E-state index is 4.33. The number of anilines is 4. The average Bonchev–Trinajstić information content (AvgIpc) is 2.58. The summed E-state index contributed by atoms with van der Waals surface area (Å²) in [4.78, 5) is 13.1. The number of benzene rings is 1.